The minimum atomic E-state index is -0.137. The van der Waals surface area contributed by atoms with Crippen molar-refractivity contribution in [1.29, 1.82) is 0 Å². The quantitative estimate of drug-likeness (QED) is 0.222. The summed E-state index contributed by atoms with van der Waals surface area (Å²) in [5, 5.41) is 1.72. The Morgan fingerprint density at radius 2 is 1.61 bits per heavy atom. The molecule has 190 valence electrons. The standard InChI is InChI=1S/C31H24Cl2N2O2S/c1-20-9-8-10-21(2)29(20)34-31-35(25-12-4-3-5-13-25)30(36)28(38-31)17-22-11-6-7-14-27(22)37-19-23-15-16-24(32)18-26(23)33/h3-18H,19H2,1-2H3/b28-17-,34-31?. The molecular formula is C31H24Cl2N2O2S. The van der Waals surface area contributed by atoms with E-state index in [1.54, 1.807) is 17.0 Å². The fraction of sp³-hybridized carbons (Fsp3) is 0.0968. The molecule has 38 heavy (non-hydrogen) atoms. The summed E-state index contributed by atoms with van der Waals surface area (Å²) in [6.07, 6.45) is 1.86. The first kappa shape index (κ1) is 26.1. The van der Waals surface area contributed by atoms with Gasteiger partial charge in [0.25, 0.3) is 5.91 Å². The van der Waals surface area contributed by atoms with E-state index in [9.17, 15) is 4.79 Å². The van der Waals surface area contributed by atoms with Crippen molar-refractivity contribution in [2.45, 2.75) is 20.5 Å². The molecule has 0 atom stereocenters. The Morgan fingerprint density at radius 1 is 0.895 bits per heavy atom. The van der Waals surface area contributed by atoms with Crippen molar-refractivity contribution in [2.75, 3.05) is 4.90 Å². The largest absolute Gasteiger partial charge is 0.488 e. The molecule has 1 saturated heterocycles. The van der Waals surface area contributed by atoms with Crippen LogP contribution in [0.1, 0.15) is 22.3 Å². The van der Waals surface area contributed by atoms with Gasteiger partial charge in [0.1, 0.15) is 12.4 Å². The predicted molar refractivity (Wildman–Crippen MR) is 160 cm³/mol. The topological polar surface area (TPSA) is 41.9 Å². The lowest BCUT2D eigenvalue weighted by atomic mass is 10.1. The Balaban J connectivity index is 1.50. The summed E-state index contributed by atoms with van der Waals surface area (Å²) in [5.74, 6) is 0.507. The van der Waals surface area contributed by atoms with Crippen molar-refractivity contribution in [3.8, 4) is 5.75 Å². The Kier molecular flexibility index (Phi) is 7.89. The second-order valence-corrected chi connectivity index (χ2v) is 10.6. The van der Waals surface area contributed by atoms with E-state index >= 15 is 0 Å². The zero-order valence-electron chi connectivity index (χ0n) is 20.8. The number of carbonyl (C=O) groups excluding carboxylic acids is 1. The van der Waals surface area contributed by atoms with Gasteiger partial charge < -0.3 is 4.74 Å². The number of thioether (sulfide) groups is 1. The molecule has 0 radical (unpaired) electrons. The zero-order valence-corrected chi connectivity index (χ0v) is 23.1. The lowest BCUT2D eigenvalue weighted by Gasteiger charge is -2.16. The molecule has 1 heterocycles. The zero-order chi connectivity index (χ0) is 26.6. The third-order valence-corrected chi connectivity index (χ3v) is 7.63. The molecule has 0 saturated carbocycles. The Hall–Kier alpha value is -3.51. The van der Waals surface area contributed by atoms with Gasteiger partial charge in [-0.15, -0.1) is 0 Å². The van der Waals surface area contributed by atoms with E-state index in [1.165, 1.54) is 11.8 Å². The molecule has 1 fully saturated rings. The Bertz CT molecular complexity index is 1550. The van der Waals surface area contributed by atoms with Gasteiger partial charge in [-0.3, -0.25) is 9.69 Å². The molecule has 4 nitrogen and oxygen atoms in total. The molecule has 0 bridgehead atoms. The fourth-order valence-electron chi connectivity index (χ4n) is 4.10. The van der Waals surface area contributed by atoms with Gasteiger partial charge in [-0.25, -0.2) is 4.99 Å². The monoisotopic (exact) mass is 558 g/mol. The van der Waals surface area contributed by atoms with Crippen molar-refractivity contribution in [2.24, 2.45) is 4.99 Å². The molecule has 0 aliphatic carbocycles. The van der Waals surface area contributed by atoms with Gasteiger partial charge >= 0.3 is 0 Å². The molecule has 4 aromatic carbocycles. The summed E-state index contributed by atoms with van der Waals surface area (Å²) in [4.78, 5) is 20.9. The summed E-state index contributed by atoms with van der Waals surface area (Å²) in [6.45, 7) is 4.32. The van der Waals surface area contributed by atoms with E-state index in [0.29, 0.717) is 25.9 Å². The number of aliphatic imine (C=N–C) groups is 1. The third kappa shape index (κ3) is 5.65. The van der Waals surface area contributed by atoms with E-state index < -0.39 is 0 Å². The third-order valence-electron chi connectivity index (χ3n) is 6.07. The first-order valence-electron chi connectivity index (χ1n) is 12.0. The van der Waals surface area contributed by atoms with Crippen LogP contribution in [0.2, 0.25) is 10.0 Å². The van der Waals surface area contributed by atoms with Crippen LogP contribution in [0.25, 0.3) is 6.08 Å². The van der Waals surface area contributed by atoms with Gasteiger partial charge in [0.2, 0.25) is 0 Å². The number of aryl methyl sites for hydroxylation is 2. The van der Waals surface area contributed by atoms with Crippen molar-refractivity contribution in [3.63, 3.8) is 0 Å². The number of hydrogen-bond donors (Lipinski definition) is 0. The molecule has 1 aliphatic heterocycles. The summed E-state index contributed by atoms with van der Waals surface area (Å²) >= 11 is 13.7. The van der Waals surface area contributed by atoms with Gasteiger partial charge in [0.05, 0.1) is 16.3 Å². The lowest BCUT2D eigenvalue weighted by molar-refractivity contribution is -0.113. The fourth-order valence-corrected chi connectivity index (χ4v) is 5.54. The molecule has 0 unspecified atom stereocenters. The lowest BCUT2D eigenvalue weighted by Crippen LogP contribution is -2.28. The molecule has 0 N–H and O–H groups in total. The van der Waals surface area contributed by atoms with Gasteiger partial charge in [-0.2, -0.15) is 0 Å². The van der Waals surface area contributed by atoms with Crippen molar-refractivity contribution in [3.05, 3.63) is 128 Å². The summed E-state index contributed by atoms with van der Waals surface area (Å²) < 4.78 is 6.12. The number of anilines is 1. The average Bonchev–Trinajstić information content (AvgIpc) is 3.21. The molecule has 5 rings (SSSR count). The van der Waals surface area contributed by atoms with Gasteiger partial charge in [0.15, 0.2) is 5.17 Å². The number of hydrogen-bond acceptors (Lipinski definition) is 4. The van der Waals surface area contributed by atoms with Crippen LogP contribution in [-0.2, 0) is 11.4 Å². The number of amides is 1. The highest BCUT2D eigenvalue weighted by Gasteiger charge is 2.35. The van der Waals surface area contributed by atoms with Crippen LogP contribution in [0, 0.1) is 13.8 Å². The van der Waals surface area contributed by atoms with Gasteiger partial charge in [-0.05, 0) is 73.1 Å². The highest BCUT2D eigenvalue weighted by atomic mass is 35.5. The van der Waals surface area contributed by atoms with Crippen LogP contribution in [0.5, 0.6) is 5.75 Å². The van der Waals surface area contributed by atoms with E-state index in [2.05, 4.69) is 0 Å². The Labute approximate surface area is 236 Å². The van der Waals surface area contributed by atoms with Crippen molar-refractivity contribution < 1.29 is 9.53 Å². The summed E-state index contributed by atoms with van der Waals surface area (Å²) in [6, 6.07) is 28.6. The number of rotatable bonds is 6. The first-order valence-corrected chi connectivity index (χ1v) is 13.6. The van der Waals surface area contributed by atoms with Crippen LogP contribution < -0.4 is 9.64 Å². The molecule has 0 spiro atoms. The second kappa shape index (κ2) is 11.5. The van der Waals surface area contributed by atoms with Crippen LogP contribution >= 0.6 is 35.0 Å². The smallest absolute Gasteiger partial charge is 0.271 e. The van der Waals surface area contributed by atoms with Crippen LogP contribution in [0.3, 0.4) is 0 Å². The van der Waals surface area contributed by atoms with E-state index in [-0.39, 0.29) is 12.5 Å². The maximum Gasteiger partial charge on any atom is 0.271 e. The van der Waals surface area contributed by atoms with Crippen molar-refractivity contribution in [1.82, 2.24) is 0 Å². The number of amidine groups is 1. The maximum atomic E-state index is 13.7. The number of nitrogens with zero attached hydrogens (tertiary/aromatic N) is 2. The first-order chi connectivity index (χ1) is 18.4. The molecule has 4 aromatic rings. The Morgan fingerprint density at radius 3 is 2.34 bits per heavy atom. The van der Waals surface area contributed by atoms with Crippen LogP contribution in [-0.4, -0.2) is 11.1 Å². The highest BCUT2D eigenvalue weighted by Crippen LogP contribution is 2.39. The van der Waals surface area contributed by atoms with Gasteiger partial charge in [-0.1, -0.05) is 83.9 Å². The van der Waals surface area contributed by atoms with Crippen molar-refractivity contribution >= 4 is 63.5 Å². The predicted octanol–water partition coefficient (Wildman–Crippen LogP) is 9.00. The molecule has 0 aromatic heterocycles. The van der Waals surface area contributed by atoms with Crippen LogP contribution in [0.4, 0.5) is 11.4 Å². The number of halogens is 2. The SMILES string of the molecule is Cc1cccc(C)c1N=C1S/C(=C\c2ccccc2OCc2ccc(Cl)cc2Cl)C(=O)N1c1ccccc1. The highest BCUT2D eigenvalue weighted by molar-refractivity contribution is 8.19. The van der Waals surface area contributed by atoms with Crippen LogP contribution in [0.15, 0.2) is 101 Å². The molecule has 1 aliphatic rings. The number of ether oxygens (including phenoxy) is 1. The molecule has 7 heteroatoms. The minimum absolute atomic E-state index is 0.137. The summed E-state index contributed by atoms with van der Waals surface area (Å²) in [5.41, 5.74) is 5.35. The number of benzene rings is 4. The average molecular weight is 560 g/mol. The number of para-hydroxylation sites is 3. The normalized spacial score (nSPS) is 15.5. The molecular weight excluding hydrogens is 535 g/mol. The second-order valence-electron chi connectivity index (χ2n) is 8.78. The minimum Gasteiger partial charge on any atom is -0.488 e. The van der Waals surface area contributed by atoms with E-state index in [4.69, 9.17) is 32.9 Å². The molecule has 1 amide bonds. The summed E-state index contributed by atoms with van der Waals surface area (Å²) in [7, 11) is 0. The number of carbonyl (C=O) groups is 1. The maximum absolute atomic E-state index is 13.7. The van der Waals surface area contributed by atoms with E-state index in [0.717, 1.165) is 33.6 Å². The van der Waals surface area contributed by atoms with Gasteiger partial charge in [0, 0.05) is 21.2 Å². The van der Waals surface area contributed by atoms with E-state index in [1.807, 2.05) is 98.8 Å².